The number of anilines is 1. The van der Waals surface area contributed by atoms with Crippen LogP contribution in [0.1, 0.15) is 25.8 Å². The number of alkyl halides is 3. The maximum atomic E-state index is 12.5. The van der Waals surface area contributed by atoms with E-state index in [1.807, 2.05) is 13.8 Å². The monoisotopic (exact) mass is 276 g/mol. The van der Waals surface area contributed by atoms with Crippen molar-refractivity contribution >= 4 is 5.95 Å². The predicted molar refractivity (Wildman–Crippen MR) is 67.9 cm³/mol. The van der Waals surface area contributed by atoms with Crippen molar-refractivity contribution in [3.8, 4) is 0 Å². The van der Waals surface area contributed by atoms with E-state index >= 15 is 0 Å². The van der Waals surface area contributed by atoms with Gasteiger partial charge in [-0.3, -0.25) is 0 Å². The minimum Gasteiger partial charge on any atom is -0.332 e. The van der Waals surface area contributed by atoms with Crippen molar-refractivity contribution in [3.63, 3.8) is 0 Å². The fraction of sp³-hybridized carbons (Fsp3) is 0.667. The second-order valence-electron chi connectivity index (χ2n) is 4.61. The van der Waals surface area contributed by atoms with Gasteiger partial charge in [-0.25, -0.2) is 9.97 Å². The van der Waals surface area contributed by atoms with Crippen LogP contribution in [0.25, 0.3) is 0 Å². The lowest BCUT2D eigenvalue weighted by atomic mass is 10.1. The highest BCUT2D eigenvalue weighted by Crippen LogP contribution is 2.19. The number of halogens is 3. The van der Waals surface area contributed by atoms with Crippen LogP contribution in [0.5, 0.6) is 0 Å². The third-order valence-electron chi connectivity index (χ3n) is 2.40. The Morgan fingerprint density at radius 2 is 1.89 bits per heavy atom. The maximum Gasteiger partial charge on any atom is 0.406 e. The average Bonchev–Trinajstić information content (AvgIpc) is 2.27. The molecule has 2 N–H and O–H groups in total. The fourth-order valence-electron chi connectivity index (χ4n) is 1.72. The van der Waals surface area contributed by atoms with Gasteiger partial charge in [0.05, 0.1) is 0 Å². The summed E-state index contributed by atoms with van der Waals surface area (Å²) in [6.45, 7) is 2.90. The van der Waals surface area contributed by atoms with Crippen molar-refractivity contribution in [2.45, 2.75) is 38.9 Å². The predicted octanol–water partition coefficient (Wildman–Crippen LogP) is 2.15. The van der Waals surface area contributed by atoms with E-state index in [9.17, 15) is 13.2 Å². The van der Waals surface area contributed by atoms with E-state index in [0.717, 1.165) is 10.5 Å². The number of hydrogen-bond donors (Lipinski definition) is 1. The Balaban J connectivity index is 2.79. The molecule has 0 aliphatic carbocycles. The van der Waals surface area contributed by atoms with E-state index in [4.69, 9.17) is 5.73 Å². The Hall–Kier alpha value is -1.37. The smallest absolute Gasteiger partial charge is 0.332 e. The first-order valence-electron chi connectivity index (χ1n) is 6.20. The maximum absolute atomic E-state index is 12.5. The lowest BCUT2D eigenvalue weighted by Crippen LogP contribution is -2.36. The summed E-state index contributed by atoms with van der Waals surface area (Å²) in [5.74, 6) is 0.104. The summed E-state index contributed by atoms with van der Waals surface area (Å²) < 4.78 is 37.4. The van der Waals surface area contributed by atoms with Gasteiger partial charge < -0.3 is 10.6 Å². The second kappa shape index (κ2) is 6.70. The van der Waals surface area contributed by atoms with Gasteiger partial charge in [0.25, 0.3) is 0 Å². The summed E-state index contributed by atoms with van der Waals surface area (Å²) in [6.07, 6.45) is 0.00673. The first-order chi connectivity index (χ1) is 8.81. The van der Waals surface area contributed by atoms with Gasteiger partial charge in [0, 0.05) is 25.0 Å². The van der Waals surface area contributed by atoms with E-state index in [1.165, 1.54) is 12.4 Å². The Morgan fingerprint density at radius 1 is 1.32 bits per heavy atom. The highest BCUT2D eigenvalue weighted by Gasteiger charge is 2.31. The highest BCUT2D eigenvalue weighted by molar-refractivity contribution is 5.30. The van der Waals surface area contributed by atoms with Gasteiger partial charge in [0.15, 0.2) is 0 Å². The Morgan fingerprint density at radius 3 is 2.32 bits per heavy atom. The Kier molecular flexibility index (Phi) is 5.53. The molecule has 4 nitrogen and oxygen atoms in total. The van der Waals surface area contributed by atoms with Gasteiger partial charge in [-0.1, -0.05) is 6.92 Å². The number of rotatable bonds is 6. The minimum atomic E-state index is -4.26. The molecule has 19 heavy (non-hydrogen) atoms. The summed E-state index contributed by atoms with van der Waals surface area (Å²) >= 11 is 0. The molecule has 7 heteroatoms. The molecule has 0 spiro atoms. The summed E-state index contributed by atoms with van der Waals surface area (Å²) in [6, 6.07) is -0.0311. The topological polar surface area (TPSA) is 55.0 Å². The zero-order valence-corrected chi connectivity index (χ0v) is 11.1. The Bertz CT molecular complexity index is 376. The molecular weight excluding hydrogens is 257 g/mol. The standard InChI is InChI=1S/C12H19F3N4/c1-3-4-19(8-12(13,14)15)11-17-6-10(7-18-11)5-9(2)16/h6-7,9H,3-5,8,16H2,1-2H3. The van der Waals surface area contributed by atoms with E-state index in [-0.39, 0.29) is 18.5 Å². The first kappa shape index (κ1) is 15.7. The molecule has 0 fully saturated rings. The summed E-state index contributed by atoms with van der Waals surface area (Å²) in [4.78, 5) is 9.12. The molecule has 1 atom stereocenters. The number of aromatic nitrogens is 2. The van der Waals surface area contributed by atoms with Gasteiger partial charge in [0.1, 0.15) is 6.54 Å². The molecule has 1 rings (SSSR count). The van der Waals surface area contributed by atoms with Crippen LogP contribution in [0, 0.1) is 0 Å². The molecule has 0 aliphatic rings. The minimum absolute atomic E-state index is 0.0311. The third kappa shape index (κ3) is 5.87. The van der Waals surface area contributed by atoms with Crippen LogP contribution in [0.4, 0.5) is 19.1 Å². The lowest BCUT2D eigenvalue weighted by Gasteiger charge is -2.23. The van der Waals surface area contributed by atoms with Crippen LogP contribution >= 0.6 is 0 Å². The van der Waals surface area contributed by atoms with Gasteiger partial charge in [-0.05, 0) is 25.3 Å². The molecular formula is C12H19F3N4. The summed E-state index contributed by atoms with van der Waals surface area (Å²) in [5, 5.41) is 0. The van der Waals surface area contributed by atoms with Crippen LogP contribution in [0.2, 0.25) is 0 Å². The zero-order chi connectivity index (χ0) is 14.5. The van der Waals surface area contributed by atoms with E-state index in [2.05, 4.69) is 9.97 Å². The first-order valence-corrected chi connectivity index (χ1v) is 6.20. The van der Waals surface area contributed by atoms with Crippen molar-refractivity contribution in [1.29, 1.82) is 0 Å². The molecule has 1 heterocycles. The van der Waals surface area contributed by atoms with E-state index < -0.39 is 12.7 Å². The lowest BCUT2D eigenvalue weighted by molar-refractivity contribution is -0.119. The van der Waals surface area contributed by atoms with Crippen LogP contribution in [0.3, 0.4) is 0 Å². The third-order valence-corrected chi connectivity index (χ3v) is 2.40. The highest BCUT2D eigenvalue weighted by atomic mass is 19.4. The molecule has 0 aliphatic heterocycles. The number of nitrogens with two attached hydrogens (primary N) is 1. The van der Waals surface area contributed by atoms with E-state index in [0.29, 0.717) is 12.8 Å². The molecule has 108 valence electrons. The normalized spacial score (nSPS) is 13.4. The van der Waals surface area contributed by atoms with Gasteiger partial charge in [0.2, 0.25) is 5.95 Å². The average molecular weight is 276 g/mol. The van der Waals surface area contributed by atoms with Crippen LogP contribution in [-0.4, -0.2) is 35.3 Å². The van der Waals surface area contributed by atoms with Crippen molar-refractivity contribution in [3.05, 3.63) is 18.0 Å². The second-order valence-corrected chi connectivity index (χ2v) is 4.61. The van der Waals surface area contributed by atoms with Gasteiger partial charge in [-0.2, -0.15) is 13.2 Å². The molecule has 0 aromatic carbocycles. The molecule has 1 aromatic rings. The Labute approximate surface area is 110 Å². The van der Waals surface area contributed by atoms with Crippen molar-refractivity contribution in [2.75, 3.05) is 18.0 Å². The fourth-order valence-corrected chi connectivity index (χ4v) is 1.72. The number of nitrogens with zero attached hydrogens (tertiary/aromatic N) is 3. The molecule has 0 saturated carbocycles. The summed E-state index contributed by atoms with van der Waals surface area (Å²) in [7, 11) is 0. The molecule has 0 bridgehead atoms. The molecule has 0 radical (unpaired) electrons. The molecule has 0 amide bonds. The van der Waals surface area contributed by atoms with Crippen molar-refractivity contribution < 1.29 is 13.2 Å². The van der Waals surface area contributed by atoms with Crippen molar-refractivity contribution in [1.82, 2.24) is 9.97 Å². The SMILES string of the molecule is CCCN(CC(F)(F)F)c1ncc(CC(C)N)cn1. The molecule has 0 saturated heterocycles. The van der Waals surface area contributed by atoms with Gasteiger partial charge in [-0.15, -0.1) is 0 Å². The van der Waals surface area contributed by atoms with Crippen LogP contribution in [-0.2, 0) is 6.42 Å². The van der Waals surface area contributed by atoms with E-state index in [1.54, 1.807) is 0 Å². The van der Waals surface area contributed by atoms with Crippen LogP contribution in [0.15, 0.2) is 12.4 Å². The zero-order valence-electron chi connectivity index (χ0n) is 11.1. The van der Waals surface area contributed by atoms with Crippen LogP contribution < -0.4 is 10.6 Å². The van der Waals surface area contributed by atoms with Crippen molar-refractivity contribution in [2.24, 2.45) is 5.73 Å². The quantitative estimate of drug-likeness (QED) is 0.865. The molecule has 1 aromatic heterocycles. The molecule has 1 unspecified atom stereocenters. The summed E-state index contributed by atoms with van der Waals surface area (Å²) in [5.41, 5.74) is 6.46. The largest absolute Gasteiger partial charge is 0.406 e. The van der Waals surface area contributed by atoms with Gasteiger partial charge >= 0.3 is 6.18 Å². The number of hydrogen-bond acceptors (Lipinski definition) is 4.